The predicted molar refractivity (Wildman–Crippen MR) is 107 cm³/mol. The van der Waals surface area contributed by atoms with Gasteiger partial charge in [0.2, 0.25) is 0 Å². The van der Waals surface area contributed by atoms with Crippen LogP contribution >= 0.6 is 0 Å². The summed E-state index contributed by atoms with van der Waals surface area (Å²) in [5.41, 5.74) is 4.66. The molecule has 1 aliphatic carbocycles. The molecule has 1 aromatic carbocycles. The topological polar surface area (TPSA) is 54.2 Å². The highest BCUT2D eigenvalue weighted by Crippen LogP contribution is 2.40. The molecule has 0 amide bonds. The molecular formula is C21H30FN5. The summed E-state index contributed by atoms with van der Waals surface area (Å²) in [6.07, 6.45) is 4.64. The van der Waals surface area contributed by atoms with Gasteiger partial charge in [0.1, 0.15) is 5.82 Å². The predicted octanol–water partition coefficient (Wildman–Crippen LogP) is 3.35. The Bertz CT molecular complexity index is 801. The summed E-state index contributed by atoms with van der Waals surface area (Å²) in [6, 6.07) is 6.99. The zero-order valence-electron chi connectivity index (χ0n) is 16.8. The highest BCUT2D eigenvalue weighted by atomic mass is 19.1. The Morgan fingerprint density at radius 2 is 1.85 bits per heavy atom. The van der Waals surface area contributed by atoms with Crippen molar-refractivity contribution in [1.82, 2.24) is 20.4 Å². The van der Waals surface area contributed by atoms with Gasteiger partial charge in [-0.25, -0.2) is 4.39 Å². The molecule has 1 heterocycles. The van der Waals surface area contributed by atoms with Crippen molar-refractivity contribution >= 4 is 5.96 Å². The SMILES string of the molecule is CN=C(NCc1c(C)nn(C)c1C)NCC1(c2ccc(F)cc2)CCCC1. The van der Waals surface area contributed by atoms with E-state index < -0.39 is 0 Å². The van der Waals surface area contributed by atoms with Gasteiger partial charge in [0.25, 0.3) is 0 Å². The maximum absolute atomic E-state index is 13.3. The summed E-state index contributed by atoms with van der Waals surface area (Å²) in [5, 5.41) is 11.4. The van der Waals surface area contributed by atoms with Gasteiger partial charge in [0.15, 0.2) is 5.96 Å². The molecule has 27 heavy (non-hydrogen) atoms. The second-order valence-corrected chi connectivity index (χ2v) is 7.55. The molecule has 1 saturated carbocycles. The van der Waals surface area contributed by atoms with Gasteiger partial charge in [-0.05, 0) is 44.4 Å². The molecule has 0 saturated heterocycles. The van der Waals surface area contributed by atoms with E-state index in [1.54, 1.807) is 19.2 Å². The van der Waals surface area contributed by atoms with E-state index in [0.29, 0.717) is 6.54 Å². The third-order valence-corrected chi connectivity index (χ3v) is 5.93. The molecule has 0 bridgehead atoms. The third-order valence-electron chi connectivity index (χ3n) is 5.93. The van der Waals surface area contributed by atoms with Crippen molar-refractivity contribution < 1.29 is 4.39 Å². The van der Waals surface area contributed by atoms with Gasteiger partial charge < -0.3 is 10.6 Å². The monoisotopic (exact) mass is 371 g/mol. The van der Waals surface area contributed by atoms with Gasteiger partial charge >= 0.3 is 0 Å². The Morgan fingerprint density at radius 3 is 2.41 bits per heavy atom. The van der Waals surface area contributed by atoms with Crippen molar-refractivity contribution in [3.63, 3.8) is 0 Å². The lowest BCUT2D eigenvalue weighted by Gasteiger charge is -2.31. The fraction of sp³-hybridized carbons (Fsp3) is 0.524. The van der Waals surface area contributed by atoms with Crippen molar-refractivity contribution in [1.29, 1.82) is 0 Å². The number of halogens is 1. The molecule has 2 N–H and O–H groups in total. The van der Waals surface area contributed by atoms with Crippen LogP contribution in [0.2, 0.25) is 0 Å². The Labute approximate surface area is 161 Å². The summed E-state index contributed by atoms with van der Waals surface area (Å²) in [7, 11) is 3.75. The smallest absolute Gasteiger partial charge is 0.191 e. The molecule has 1 fully saturated rings. The Hall–Kier alpha value is -2.37. The first-order valence-electron chi connectivity index (χ1n) is 9.65. The molecule has 2 aromatic rings. The summed E-state index contributed by atoms with van der Waals surface area (Å²) in [5.74, 6) is 0.602. The van der Waals surface area contributed by atoms with E-state index in [2.05, 4.69) is 27.6 Å². The standard InChI is InChI=1S/C21H30FN5/c1-15-19(16(2)27(4)26-15)13-24-20(23-3)25-14-21(11-5-6-12-21)17-7-9-18(22)10-8-17/h7-10H,5-6,11-14H2,1-4H3,(H2,23,24,25). The van der Waals surface area contributed by atoms with Crippen LogP contribution in [-0.2, 0) is 19.0 Å². The van der Waals surface area contributed by atoms with E-state index >= 15 is 0 Å². The van der Waals surface area contributed by atoms with Crippen LogP contribution in [0.25, 0.3) is 0 Å². The summed E-state index contributed by atoms with van der Waals surface area (Å²) in [6.45, 7) is 5.59. The molecule has 1 aliphatic rings. The van der Waals surface area contributed by atoms with Gasteiger partial charge in [-0.1, -0.05) is 25.0 Å². The van der Waals surface area contributed by atoms with Crippen LogP contribution in [0.5, 0.6) is 0 Å². The lowest BCUT2D eigenvalue weighted by Crippen LogP contribution is -2.44. The Kier molecular flexibility index (Phi) is 5.82. The third kappa shape index (κ3) is 4.15. The molecule has 6 heteroatoms. The van der Waals surface area contributed by atoms with Gasteiger partial charge in [0, 0.05) is 43.9 Å². The number of nitrogens with zero attached hydrogens (tertiary/aromatic N) is 3. The second kappa shape index (κ2) is 8.11. The van der Waals surface area contributed by atoms with Gasteiger partial charge in [-0.15, -0.1) is 0 Å². The Balaban J connectivity index is 1.66. The fourth-order valence-corrected chi connectivity index (χ4v) is 4.14. The van der Waals surface area contributed by atoms with Crippen molar-refractivity contribution in [3.8, 4) is 0 Å². The molecule has 146 valence electrons. The lowest BCUT2D eigenvalue weighted by molar-refractivity contribution is 0.431. The first-order chi connectivity index (χ1) is 12.9. The molecule has 1 aromatic heterocycles. The number of guanidine groups is 1. The van der Waals surface area contributed by atoms with Gasteiger partial charge in [-0.3, -0.25) is 9.67 Å². The van der Waals surface area contributed by atoms with E-state index in [-0.39, 0.29) is 11.2 Å². The summed E-state index contributed by atoms with van der Waals surface area (Å²) < 4.78 is 15.3. The molecule has 5 nitrogen and oxygen atoms in total. The summed E-state index contributed by atoms with van der Waals surface area (Å²) in [4.78, 5) is 4.38. The maximum Gasteiger partial charge on any atom is 0.191 e. The van der Waals surface area contributed by atoms with Gasteiger partial charge in [-0.2, -0.15) is 5.10 Å². The number of aromatic nitrogens is 2. The minimum Gasteiger partial charge on any atom is -0.356 e. The number of rotatable bonds is 5. The molecule has 0 atom stereocenters. The maximum atomic E-state index is 13.3. The Morgan fingerprint density at radius 1 is 1.19 bits per heavy atom. The van der Waals surface area contributed by atoms with Gasteiger partial charge in [0.05, 0.1) is 5.69 Å². The first kappa shape index (κ1) is 19.4. The number of hydrogen-bond donors (Lipinski definition) is 2. The van der Waals surface area contributed by atoms with E-state index in [1.807, 2.05) is 30.8 Å². The van der Waals surface area contributed by atoms with E-state index in [0.717, 1.165) is 36.7 Å². The largest absolute Gasteiger partial charge is 0.356 e. The molecule has 0 spiro atoms. The quantitative estimate of drug-likeness (QED) is 0.626. The van der Waals surface area contributed by atoms with Crippen LogP contribution in [0.1, 0.15) is 48.2 Å². The average molecular weight is 372 g/mol. The van der Waals surface area contributed by atoms with E-state index in [9.17, 15) is 4.39 Å². The lowest BCUT2D eigenvalue weighted by atomic mass is 9.79. The molecular weight excluding hydrogens is 341 g/mol. The number of hydrogen-bond acceptors (Lipinski definition) is 2. The fourth-order valence-electron chi connectivity index (χ4n) is 4.14. The zero-order chi connectivity index (χ0) is 19.4. The highest BCUT2D eigenvalue weighted by Gasteiger charge is 2.35. The number of benzene rings is 1. The van der Waals surface area contributed by atoms with Crippen LogP contribution in [-0.4, -0.2) is 29.3 Å². The first-order valence-corrected chi connectivity index (χ1v) is 9.65. The van der Waals surface area contributed by atoms with Crippen LogP contribution in [0.3, 0.4) is 0 Å². The minimum atomic E-state index is -0.181. The van der Waals surface area contributed by atoms with Crippen molar-refractivity contribution in [2.24, 2.45) is 12.0 Å². The number of aryl methyl sites for hydroxylation is 2. The van der Waals surface area contributed by atoms with Crippen LogP contribution in [0.4, 0.5) is 4.39 Å². The highest BCUT2D eigenvalue weighted by molar-refractivity contribution is 5.79. The normalized spacial score (nSPS) is 16.6. The van der Waals surface area contributed by atoms with Crippen LogP contribution in [0.15, 0.2) is 29.3 Å². The van der Waals surface area contributed by atoms with E-state index in [4.69, 9.17) is 0 Å². The molecule has 3 rings (SSSR count). The number of nitrogens with one attached hydrogen (secondary N) is 2. The summed E-state index contributed by atoms with van der Waals surface area (Å²) >= 11 is 0. The van der Waals surface area contributed by atoms with Crippen LogP contribution < -0.4 is 10.6 Å². The number of aliphatic imine (C=N–C) groups is 1. The van der Waals surface area contributed by atoms with E-state index in [1.165, 1.54) is 24.0 Å². The van der Waals surface area contributed by atoms with Crippen molar-refractivity contribution in [2.75, 3.05) is 13.6 Å². The molecule has 0 aliphatic heterocycles. The molecule has 0 unspecified atom stereocenters. The average Bonchev–Trinajstić information content (AvgIpc) is 3.23. The molecule has 0 radical (unpaired) electrons. The zero-order valence-corrected chi connectivity index (χ0v) is 16.8. The van der Waals surface area contributed by atoms with Crippen molar-refractivity contribution in [3.05, 3.63) is 52.6 Å². The van der Waals surface area contributed by atoms with Crippen molar-refractivity contribution in [2.45, 2.75) is 51.5 Å². The minimum absolute atomic E-state index is 0.0471. The van der Waals surface area contributed by atoms with Crippen LogP contribution in [0, 0.1) is 19.7 Å². The second-order valence-electron chi connectivity index (χ2n) is 7.55.